The zero-order chi connectivity index (χ0) is 33.3. The molecule has 0 spiro atoms. The van der Waals surface area contributed by atoms with Crippen molar-refractivity contribution in [1.29, 1.82) is 0 Å². The first-order valence-electron chi connectivity index (χ1n) is 17.3. The van der Waals surface area contributed by atoms with E-state index in [0.29, 0.717) is 0 Å². The van der Waals surface area contributed by atoms with Crippen LogP contribution in [0.1, 0.15) is 0 Å². The summed E-state index contributed by atoms with van der Waals surface area (Å²) in [6, 6.07) is 74.8. The third-order valence-corrected chi connectivity index (χ3v) is 9.88. The molecule has 50 heavy (non-hydrogen) atoms. The van der Waals surface area contributed by atoms with Crippen LogP contribution in [0.3, 0.4) is 0 Å². The highest BCUT2D eigenvalue weighted by Crippen LogP contribution is 2.44. The maximum Gasteiger partial charge on any atom is -0.00262 e. The molecule has 0 heterocycles. The topological polar surface area (TPSA) is 0 Å². The maximum atomic E-state index is 2.36. The lowest BCUT2D eigenvalue weighted by Gasteiger charge is -2.18. The van der Waals surface area contributed by atoms with E-state index < -0.39 is 0 Å². The minimum absolute atomic E-state index is 1.21. The predicted molar refractivity (Wildman–Crippen MR) is 214 cm³/mol. The van der Waals surface area contributed by atoms with Crippen LogP contribution < -0.4 is 0 Å². The Hall–Kier alpha value is -6.50. The molecular formula is C50H34. The Morgan fingerprint density at radius 2 is 0.420 bits per heavy atom. The van der Waals surface area contributed by atoms with E-state index in [9.17, 15) is 0 Å². The van der Waals surface area contributed by atoms with E-state index in [1.807, 2.05) is 0 Å². The first kappa shape index (κ1) is 29.6. The van der Waals surface area contributed by atoms with Gasteiger partial charge >= 0.3 is 0 Å². The number of fused-ring (bicyclic) bond motifs is 2. The largest absolute Gasteiger partial charge is 0.0622 e. The van der Waals surface area contributed by atoms with E-state index in [1.165, 1.54) is 88.3 Å². The van der Waals surface area contributed by atoms with Gasteiger partial charge in [0.1, 0.15) is 0 Å². The van der Waals surface area contributed by atoms with Crippen LogP contribution in [0.2, 0.25) is 0 Å². The molecule has 0 bridgehead atoms. The van der Waals surface area contributed by atoms with Gasteiger partial charge in [-0.05, 0) is 100 Å². The Kier molecular flexibility index (Phi) is 7.61. The van der Waals surface area contributed by atoms with Crippen molar-refractivity contribution in [2.24, 2.45) is 0 Å². The molecule has 0 nitrogen and oxygen atoms in total. The molecule has 0 fully saturated rings. The summed E-state index contributed by atoms with van der Waals surface area (Å²) < 4.78 is 0. The Morgan fingerprint density at radius 1 is 0.160 bits per heavy atom. The van der Waals surface area contributed by atoms with Crippen molar-refractivity contribution in [3.8, 4) is 66.8 Å². The van der Waals surface area contributed by atoms with Crippen molar-refractivity contribution in [2.75, 3.05) is 0 Å². The van der Waals surface area contributed by atoms with E-state index in [2.05, 4.69) is 206 Å². The first-order chi connectivity index (χ1) is 24.8. The second-order valence-corrected chi connectivity index (χ2v) is 12.9. The number of benzene rings is 9. The van der Waals surface area contributed by atoms with E-state index in [4.69, 9.17) is 0 Å². The van der Waals surface area contributed by atoms with E-state index in [0.717, 1.165) is 0 Å². The van der Waals surface area contributed by atoms with Crippen molar-refractivity contribution >= 4 is 21.5 Å². The molecule has 234 valence electrons. The zero-order valence-electron chi connectivity index (χ0n) is 27.6. The molecule has 0 unspecified atom stereocenters. The van der Waals surface area contributed by atoms with E-state index in [-0.39, 0.29) is 0 Å². The number of hydrogen-bond donors (Lipinski definition) is 0. The number of hydrogen-bond acceptors (Lipinski definition) is 0. The van der Waals surface area contributed by atoms with Crippen LogP contribution in [-0.4, -0.2) is 0 Å². The summed E-state index contributed by atoms with van der Waals surface area (Å²) >= 11 is 0. The predicted octanol–water partition coefficient (Wildman–Crippen LogP) is 14.0. The fourth-order valence-electron chi connectivity index (χ4n) is 7.43. The van der Waals surface area contributed by atoms with E-state index >= 15 is 0 Å². The summed E-state index contributed by atoms with van der Waals surface area (Å²) in [5.74, 6) is 0. The zero-order valence-corrected chi connectivity index (χ0v) is 27.6. The molecule has 0 aliphatic heterocycles. The molecule has 0 aliphatic carbocycles. The quantitative estimate of drug-likeness (QED) is 0.160. The summed E-state index contributed by atoms with van der Waals surface area (Å²) in [4.78, 5) is 0. The van der Waals surface area contributed by atoms with Crippen molar-refractivity contribution in [3.63, 3.8) is 0 Å². The van der Waals surface area contributed by atoms with Gasteiger partial charge in [-0.15, -0.1) is 0 Å². The van der Waals surface area contributed by atoms with Crippen molar-refractivity contribution in [1.82, 2.24) is 0 Å². The third-order valence-electron chi connectivity index (χ3n) is 9.88. The molecule has 0 atom stereocenters. The van der Waals surface area contributed by atoms with Crippen LogP contribution in [-0.2, 0) is 0 Å². The Labute approximate surface area is 293 Å². The Morgan fingerprint density at radius 3 is 0.860 bits per heavy atom. The molecule has 0 saturated carbocycles. The molecule has 9 aromatic carbocycles. The SMILES string of the molecule is c1ccc(-c2ccc(-c3ccc(-c4cccc(-c5cccc(-c6c7ccccc7c(-c7ccccc7)c7ccccc67)c5)c4)cc3)cc2)cc1. The highest BCUT2D eigenvalue weighted by molar-refractivity contribution is 6.21. The van der Waals surface area contributed by atoms with Gasteiger partial charge in [0.15, 0.2) is 0 Å². The van der Waals surface area contributed by atoms with Gasteiger partial charge in [0.2, 0.25) is 0 Å². The van der Waals surface area contributed by atoms with Gasteiger partial charge in [-0.3, -0.25) is 0 Å². The monoisotopic (exact) mass is 634 g/mol. The molecule has 0 aromatic heterocycles. The number of rotatable bonds is 6. The molecule has 0 amide bonds. The molecule has 9 rings (SSSR count). The van der Waals surface area contributed by atoms with Crippen molar-refractivity contribution in [2.45, 2.75) is 0 Å². The van der Waals surface area contributed by atoms with Gasteiger partial charge in [0.05, 0.1) is 0 Å². The maximum absolute atomic E-state index is 2.36. The van der Waals surface area contributed by atoms with Crippen molar-refractivity contribution in [3.05, 3.63) is 206 Å². The van der Waals surface area contributed by atoms with Crippen molar-refractivity contribution < 1.29 is 0 Å². The molecule has 9 aromatic rings. The molecule has 0 aliphatic rings. The highest BCUT2D eigenvalue weighted by atomic mass is 14.2. The second-order valence-electron chi connectivity index (χ2n) is 12.9. The molecule has 0 radical (unpaired) electrons. The third kappa shape index (κ3) is 5.48. The smallest absolute Gasteiger partial charge is 0.00262 e. The molecule has 0 heteroatoms. The van der Waals surface area contributed by atoms with Crippen LogP contribution in [0.25, 0.3) is 88.3 Å². The minimum atomic E-state index is 1.21. The molecular weight excluding hydrogens is 601 g/mol. The Bertz CT molecular complexity index is 2540. The lowest BCUT2D eigenvalue weighted by Crippen LogP contribution is -1.91. The summed E-state index contributed by atoms with van der Waals surface area (Å²) in [5.41, 5.74) is 14.8. The van der Waals surface area contributed by atoms with Gasteiger partial charge in [-0.2, -0.15) is 0 Å². The van der Waals surface area contributed by atoms with Gasteiger partial charge in [-0.1, -0.05) is 194 Å². The molecule has 0 N–H and O–H groups in total. The van der Waals surface area contributed by atoms with Crippen LogP contribution in [0.4, 0.5) is 0 Å². The Balaban J connectivity index is 1.07. The van der Waals surface area contributed by atoms with Crippen LogP contribution in [0, 0.1) is 0 Å². The molecule has 0 saturated heterocycles. The lowest BCUT2D eigenvalue weighted by atomic mass is 9.85. The average Bonchev–Trinajstić information content (AvgIpc) is 3.21. The lowest BCUT2D eigenvalue weighted by molar-refractivity contribution is 1.57. The van der Waals surface area contributed by atoms with Gasteiger partial charge < -0.3 is 0 Å². The van der Waals surface area contributed by atoms with Crippen LogP contribution >= 0.6 is 0 Å². The summed E-state index contributed by atoms with van der Waals surface area (Å²) in [5, 5.41) is 5.09. The van der Waals surface area contributed by atoms with Crippen LogP contribution in [0.15, 0.2) is 206 Å². The highest BCUT2D eigenvalue weighted by Gasteiger charge is 2.16. The summed E-state index contributed by atoms with van der Waals surface area (Å²) in [6.07, 6.45) is 0. The fourth-order valence-corrected chi connectivity index (χ4v) is 7.43. The first-order valence-corrected chi connectivity index (χ1v) is 17.3. The van der Waals surface area contributed by atoms with Gasteiger partial charge in [0.25, 0.3) is 0 Å². The van der Waals surface area contributed by atoms with Gasteiger partial charge in [-0.25, -0.2) is 0 Å². The van der Waals surface area contributed by atoms with Crippen LogP contribution in [0.5, 0.6) is 0 Å². The van der Waals surface area contributed by atoms with Gasteiger partial charge in [0, 0.05) is 0 Å². The standard InChI is InChI=1S/C50H34/c1-3-13-35(14-4-1)36-25-27-37(28-26-36)38-29-31-39(32-30-38)41-17-11-18-42(33-41)43-19-12-20-44(34-43)50-47-23-9-7-21-45(47)49(40-15-5-2-6-16-40)46-22-8-10-24-48(46)50/h1-34H. The fraction of sp³-hybridized carbons (Fsp3) is 0. The summed E-state index contributed by atoms with van der Waals surface area (Å²) in [7, 11) is 0. The van der Waals surface area contributed by atoms with E-state index in [1.54, 1.807) is 0 Å². The average molecular weight is 635 g/mol. The normalized spacial score (nSPS) is 11.2. The summed E-state index contributed by atoms with van der Waals surface area (Å²) in [6.45, 7) is 0. The second kappa shape index (κ2) is 12.8. The minimum Gasteiger partial charge on any atom is -0.0622 e.